The molecule has 0 unspecified atom stereocenters. The summed E-state index contributed by atoms with van der Waals surface area (Å²) in [5.74, 6) is 1.18. The Labute approximate surface area is 154 Å². The highest BCUT2D eigenvalue weighted by atomic mass is 16.3. The highest BCUT2D eigenvalue weighted by molar-refractivity contribution is 5.93. The molecule has 0 aliphatic heterocycles. The topological polar surface area (TPSA) is 115 Å². The van der Waals surface area contributed by atoms with Crippen molar-refractivity contribution < 1.29 is 9.21 Å². The van der Waals surface area contributed by atoms with Crippen LogP contribution >= 0.6 is 0 Å². The molecule has 0 spiro atoms. The summed E-state index contributed by atoms with van der Waals surface area (Å²) in [4.78, 5) is 21.2. The second-order valence-corrected chi connectivity index (χ2v) is 6.47. The molecule has 2 amide bonds. The average Bonchev–Trinajstić information content (AvgIpc) is 3.32. The molecular formula is C17H20N8O2. The monoisotopic (exact) mass is 368 g/mol. The molecule has 4 rings (SSSR count). The van der Waals surface area contributed by atoms with Crippen molar-refractivity contribution in [3.05, 3.63) is 24.6 Å². The molecule has 0 saturated heterocycles. The molecule has 4 aromatic heterocycles. The number of furan rings is 1. The van der Waals surface area contributed by atoms with E-state index >= 15 is 0 Å². The van der Waals surface area contributed by atoms with Gasteiger partial charge in [0.2, 0.25) is 11.8 Å². The number of anilines is 1. The third-order valence-corrected chi connectivity index (χ3v) is 3.84. The van der Waals surface area contributed by atoms with Crippen LogP contribution in [0.5, 0.6) is 0 Å². The summed E-state index contributed by atoms with van der Waals surface area (Å²) in [6.45, 7) is 6.59. The van der Waals surface area contributed by atoms with Gasteiger partial charge in [-0.25, -0.2) is 9.78 Å². The average molecular weight is 368 g/mol. The zero-order chi connectivity index (χ0) is 19.0. The first-order chi connectivity index (χ1) is 13.0. The summed E-state index contributed by atoms with van der Waals surface area (Å²) in [7, 11) is 0. The van der Waals surface area contributed by atoms with E-state index in [-0.39, 0.29) is 18.0 Å². The number of carbonyl (C=O) groups excluding carboxylic acids is 1. The van der Waals surface area contributed by atoms with Crippen LogP contribution in [0.3, 0.4) is 0 Å². The van der Waals surface area contributed by atoms with Crippen LogP contribution in [0, 0.1) is 0 Å². The number of hydrogen-bond acceptors (Lipinski definition) is 6. The Morgan fingerprint density at radius 1 is 1.30 bits per heavy atom. The Morgan fingerprint density at radius 2 is 2.15 bits per heavy atom. The minimum atomic E-state index is -0.374. The molecule has 4 aromatic rings. The number of amides is 2. The fourth-order valence-corrected chi connectivity index (χ4v) is 2.77. The number of carbonyl (C=O) groups is 1. The molecule has 2 N–H and O–H groups in total. The maximum Gasteiger partial charge on any atom is 0.321 e. The van der Waals surface area contributed by atoms with E-state index in [0.717, 1.165) is 18.4 Å². The van der Waals surface area contributed by atoms with Gasteiger partial charge in [-0.15, -0.1) is 5.10 Å². The quantitative estimate of drug-likeness (QED) is 0.559. The number of nitrogens with one attached hydrogen (secondary N) is 2. The van der Waals surface area contributed by atoms with Gasteiger partial charge in [-0.05, 0) is 32.4 Å². The van der Waals surface area contributed by atoms with Crippen LogP contribution in [0.2, 0.25) is 0 Å². The molecule has 27 heavy (non-hydrogen) atoms. The van der Waals surface area contributed by atoms with Gasteiger partial charge in [0.15, 0.2) is 17.1 Å². The van der Waals surface area contributed by atoms with Crippen molar-refractivity contribution >= 4 is 28.7 Å². The number of aryl methyl sites for hydroxylation is 1. The van der Waals surface area contributed by atoms with Crippen molar-refractivity contribution in [3.8, 4) is 11.6 Å². The van der Waals surface area contributed by atoms with Crippen LogP contribution in [-0.4, -0.2) is 41.4 Å². The summed E-state index contributed by atoms with van der Waals surface area (Å²) in [5, 5.41) is 15.2. The Bertz CT molecular complexity index is 1090. The molecule has 0 aliphatic rings. The van der Waals surface area contributed by atoms with Crippen molar-refractivity contribution in [2.45, 2.75) is 39.8 Å². The van der Waals surface area contributed by atoms with E-state index in [0.29, 0.717) is 22.9 Å². The number of urea groups is 1. The van der Waals surface area contributed by atoms with E-state index in [9.17, 15) is 4.79 Å². The number of aromatic nitrogens is 6. The van der Waals surface area contributed by atoms with Crippen LogP contribution < -0.4 is 10.6 Å². The molecule has 10 heteroatoms. The molecule has 10 nitrogen and oxygen atoms in total. The van der Waals surface area contributed by atoms with Gasteiger partial charge in [-0.2, -0.15) is 14.6 Å². The molecule has 0 fully saturated rings. The number of rotatable bonds is 5. The lowest BCUT2D eigenvalue weighted by Crippen LogP contribution is -2.35. The van der Waals surface area contributed by atoms with Gasteiger partial charge in [-0.1, -0.05) is 6.92 Å². The van der Waals surface area contributed by atoms with Crippen LogP contribution in [0.15, 0.2) is 29.0 Å². The predicted molar refractivity (Wildman–Crippen MR) is 99.4 cm³/mol. The van der Waals surface area contributed by atoms with Crippen molar-refractivity contribution in [1.29, 1.82) is 0 Å². The van der Waals surface area contributed by atoms with E-state index in [1.54, 1.807) is 18.4 Å². The molecule has 0 saturated carbocycles. The van der Waals surface area contributed by atoms with E-state index in [2.05, 4.69) is 37.7 Å². The first-order valence-electron chi connectivity index (χ1n) is 8.80. The molecule has 0 radical (unpaired) electrons. The third-order valence-electron chi connectivity index (χ3n) is 3.84. The Kier molecular flexibility index (Phi) is 4.22. The largest absolute Gasteiger partial charge is 0.461 e. The maximum atomic E-state index is 12.2. The lowest BCUT2D eigenvalue weighted by molar-refractivity contribution is 0.249. The zero-order valence-electron chi connectivity index (χ0n) is 15.3. The molecule has 0 aliphatic carbocycles. The summed E-state index contributed by atoms with van der Waals surface area (Å²) >= 11 is 0. The molecule has 0 aromatic carbocycles. The Morgan fingerprint density at radius 3 is 2.85 bits per heavy atom. The lowest BCUT2D eigenvalue weighted by Gasteiger charge is -2.10. The number of nitrogens with zero attached hydrogens (tertiary/aromatic N) is 6. The van der Waals surface area contributed by atoms with Crippen LogP contribution in [0.4, 0.5) is 10.7 Å². The molecule has 0 atom stereocenters. The third kappa shape index (κ3) is 3.21. The summed E-state index contributed by atoms with van der Waals surface area (Å²) < 4.78 is 8.71. The zero-order valence-corrected chi connectivity index (χ0v) is 15.3. The molecule has 0 bridgehead atoms. The summed E-state index contributed by atoms with van der Waals surface area (Å²) in [6.07, 6.45) is 4.39. The van der Waals surface area contributed by atoms with E-state index in [1.807, 2.05) is 24.7 Å². The van der Waals surface area contributed by atoms with Gasteiger partial charge in [0.05, 0.1) is 11.6 Å². The first kappa shape index (κ1) is 17.0. The predicted octanol–water partition coefficient (Wildman–Crippen LogP) is 2.67. The minimum absolute atomic E-state index is 0.0117. The highest BCUT2D eigenvalue weighted by Gasteiger charge is 2.19. The van der Waals surface area contributed by atoms with Crippen molar-refractivity contribution in [2.24, 2.45) is 0 Å². The van der Waals surface area contributed by atoms with E-state index in [1.165, 1.54) is 4.52 Å². The first-order valence-corrected chi connectivity index (χ1v) is 8.80. The fourth-order valence-electron chi connectivity index (χ4n) is 2.77. The fraction of sp³-hybridized carbons (Fsp3) is 0.353. The van der Waals surface area contributed by atoms with Crippen molar-refractivity contribution in [2.75, 3.05) is 5.32 Å². The maximum absolute atomic E-state index is 12.2. The van der Waals surface area contributed by atoms with Crippen molar-refractivity contribution in [3.63, 3.8) is 0 Å². The molecule has 4 heterocycles. The molecule has 140 valence electrons. The normalized spacial score (nSPS) is 11.6. The minimum Gasteiger partial charge on any atom is -0.461 e. The summed E-state index contributed by atoms with van der Waals surface area (Å²) in [5.41, 5.74) is 1.04. The van der Waals surface area contributed by atoms with Gasteiger partial charge in [0.25, 0.3) is 0 Å². The number of fused-ring (bicyclic) bond motifs is 3. The lowest BCUT2D eigenvalue weighted by atomic mass is 10.4. The van der Waals surface area contributed by atoms with Gasteiger partial charge >= 0.3 is 6.03 Å². The Hall–Kier alpha value is -3.43. The second kappa shape index (κ2) is 6.71. The van der Waals surface area contributed by atoms with Gasteiger partial charge in [0, 0.05) is 18.8 Å². The van der Waals surface area contributed by atoms with E-state index in [4.69, 9.17) is 4.42 Å². The van der Waals surface area contributed by atoms with E-state index < -0.39 is 0 Å². The number of hydrogen-bond donors (Lipinski definition) is 2. The van der Waals surface area contributed by atoms with Crippen LogP contribution in [0.1, 0.15) is 27.2 Å². The van der Waals surface area contributed by atoms with Gasteiger partial charge < -0.3 is 9.73 Å². The van der Waals surface area contributed by atoms with Crippen LogP contribution in [-0.2, 0) is 6.54 Å². The SMILES string of the molecule is CCCn1cc2c(nc(NC(=O)NC(C)C)n3nc(-c4ccco4)nc23)n1. The van der Waals surface area contributed by atoms with Crippen molar-refractivity contribution in [1.82, 2.24) is 34.7 Å². The second-order valence-electron chi connectivity index (χ2n) is 6.47. The molecular weight excluding hydrogens is 348 g/mol. The standard InChI is InChI=1S/C17H20N8O2/c1-4-7-24-9-11-13(22-24)20-16(21-17(26)18-10(2)3)25-15(11)19-14(23-25)12-6-5-8-27-12/h5-6,8-10H,4,7H2,1-3H3,(H2,18,20,21,22,26). The smallest absolute Gasteiger partial charge is 0.321 e. The van der Waals surface area contributed by atoms with Gasteiger partial charge in [-0.3, -0.25) is 10.00 Å². The summed E-state index contributed by atoms with van der Waals surface area (Å²) in [6, 6.07) is 3.16. The van der Waals surface area contributed by atoms with Gasteiger partial charge in [0.1, 0.15) is 0 Å². The highest BCUT2D eigenvalue weighted by Crippen LogP contribution is 2.24. The van der Waals surface area contributed by atoms with Crippen LogP contribution in [0.25, 0.3) is 28.3 Å². The Balaban J connectivity index is 1.87.